The molecule has 0 bridgehead atoms. The molecule has 0 radical (unpaired) electrons. The summed E-state index contributed by atoms with van der Waals surface area (Å²) < 4.78 is 0. The van der Waals surface area contributed by atoms with Gasteiger partial charge < -0.3 is 0 Å². The third kappa shape index (κ3) is 4.02. The van der Waals surface area contributed by atoms with Gasteiger partial charge >= 0.3 is 0 Å². The van der Waals surface area contributed by atoms with Gasteiger partial charge in [-0.3, -0.25) is 0 Å². The third-order valence-electron chi connectivity index (χ3n) is 4.12. The van der Waals surface area contributed by atoms with Gasteiger partial charge in [0.1, 0.15) is 0 Å². The zero-order valence-corrected chi connectivity index (χ0v) is 10.2. The van der Waals surface area contributed by atoms with Crippen molar-refractivity contribution in [3.8, 4) is 0 Å². The lowest BCUT2D eigenvalue weighted by Gasteiger charge is -2.26. The summed E-state index contributed by atoms with van der Waals surface area (Å²) in [6.45, 7) is 4.78. The van der Waals surface area contributed by atoms with Crippen molar-refractivity contribution in [1.82, 2.24) is 0 Å². The van der Waals surface area contributed by atoms with Gasteiger partial charge in [0.15, 0.2) is 0 Å². The van der Waals surface area contributed by atoms with Crippen LogP contribution in [-0.2, 0) is 0 Å². The number of hydrogen-bond acceptors (Lipinski definition) is 0. The molecule has 1 aliphatic carbocycles. The molecule has 0 aromatic rings. The molecule has 2 atom stereocenters. The van der Waals surface area contributed by atoms with Crippen LogP contribution in [-0.4, -0.2) is 0 Å². The molecule has 0 N–H and O–H groups in total. The Balaban J connectivity index is 2.40. The largest absolute Gasteiger partial charge is 0.0651 e. The summed E-state index contributed by atoms with van der Waals surface area (Å²) in [4.78, 5) is 0. The Labute approximate surface area is 90.5 Å². The maximum Gasteiger partial charge on any atom is -0.0389 e. The van der Waals surface area contributed by atoms with Crippen molar-refractivity contribution in [3.63, 3.8) is 0 Å². The fourth-order valence-electron chi connectivity index (χ4n) is 3.07. The normalized spacial score (nSPS) is 31.3. The summed E-state index contributed by atoms with van der Waals surface area (Å²) in [5, 5.41) is 0. The second-order valence-electron chi connectivity index (χ2n) is 5.04. The quantitative estimate of drug-likeness (QED) is 0.571. The summed E-state index contributed by atoms with van der Waals surface area (Å²) >= 11 is 0. The van der Waals surface area contributed by atoms with E-state index >= 15 is 0 Å². The predicted molar refractivity (Wildman–Crippen MR) is 64.5 cm³/mol. The van der Waals surface area contributed by atoms with Gasteiger partial charge in [-0.2, -0.15) is 0 Å². The van der Waals surface area contributed by atoms with Gasteiger partial charge in [0.25, 0.3) is 0 Å². The molecular weight excluding hydrogens is 168 g/mol. The van der Waals surface area contributed by atoms with Gasteiger partial charge in [-0.1, -0.05) is 78.1 Å². The topological polar surface area (TPSA) is 0 Å². The zero-order chi connectivity index (χ0) is 10.2. The summed E-state index contributed by atoms with van der Waals surface area (Å²) in [5.41, 5.74) is 0. The van der Waals surface area contributed by atoms with Crippen molar-refractivity contribution in [2.75, 3.05) is 0 Å². The fraction of sp³-hybridized carbons (Fsp3) is 1.00. The Kier molecular flexibility index (Phi) is 6.31. The molecule has 0 saturated heterocycles. The minimum absolute atomic E-state index is 1.04. The van der Waals surface area contributed by atoms with E-state index in [1.54, 1.807) is 0 Å². The van der Waals surface area contributed by atoms with Crippen molar-refractivity contribution in [3.05, 3.63) is 0 Å². The van der Waals surface area contributed by atoms with Crippen LogP contribution in [0.1, 0.15) is 78.1 Å². The molecule has 0 heterocycles. The standard InChI is InChI=1S/C14H28/c1-3-13-11-9-7-5-6-8-10-12-14(13)4-2/h13-14H,3-12H2,1-2H3. The van der Waals surface area contributed by atoms with Crippen molar-refractivity contribution in [2.24, 2.45) is 11.8 Å². The van der Waals surface area contributed by atoms with E-state index in [0.717, 1.165) is 11.8 Å². The monoisotopic (exact) mass is 196 g/mol. The zero-order valence-electron chi connectivity index (χ0n) is 10.2. The molecule has 1 fully saturated rings. The smallest absolute Gasteiger partial charge is 0.0389 e. The van der Waals surface area contributed by atoms with Gasteiger partial charge in [0.2, 0.25) is 0 Å². The average Bonchev–Trinajstić information content (AvgIpc) is 2.24. The highest BCUT2D eigenvalue weighted by molar-refractivity contribution is 4.69. The van der Waals surface area contributed by atoms with Gasteiger partial charge in [0.05, 0.1) is 0 Å². The molecule has 0 aliphatic heterocycles. The van der Waals surface area contributed by atoms with Gasteiger partial charge in [-0.25, -0.2) is 0 Å². The van der Waals surface area contributed by atoms with E-state index in [-0.39, 0.29) is 0 Å². The van der Waals surface area contributed by atoms with Gasteiger partial charge in [-0.15, -0.1) is 0 Å². The molecule has 1 saturated carbocycles. The third-order valence-corrected chi connectivity index (χ3v) is 4.12. The fourth-order valence-corrected chi connectivity index (χ4v) is 3.07. The van der Waals surface area contributed by atoms with E-state index in [1.165, 1.54) is 64.2 Å². The predicted octanol–water partition coefficient (Wildman–Crippen LogP) is 5.17. The van der Waals surface area contributed by atoms with Crippen molar-refractivity contribution in [1.29, 1.82) is 0 Å². The van der Waals surface area contributed by atoms with Crippen LogP contribution in [0.4, 0.5) is 0 Å². The SMILES string of the molecule is CCC1CCCCCCCCC1CC. The molecule has 0 nitrogen and oxygen atoms in total. The van der Waals surface area contributed by atoms with E-state index < -0.39 is 0 Å². The Bertz CT molecular complexity index is 112. The second-order valence-corrected chi connectivity index (χ2v) is 5.04. The Morgan fingerprint density at radius 2 is 1.00 bits per heavy atom. The molecule has 0 aromatic carbocycles. The molecule has 1 rings (SSSR count). The summed E-state index contributed by atoms with van der Waals surface area (Å²) in [6, 6.07) is 0. The highest BCUT2D eigenvalue weighted by Crippen LogP contribution is 2.30. The average molecular weight is 196 g/mol. The van der Waals surface area contributed by atoms with Crippen LogP contribution in [0.25, 0.3) is 0 Å². The maximum atomic E-state index is 2.39. The molecule has 2 unspecified atom stereocenters. The van der Waals surface area contributed by atoms with E-state index in [0.29, 0.717) is 0 Å². The molecule has 0 amide bonds. The minimum atomic E-state index is 1.04. The maximum absolute atomic E-state index is 2.39. The second kappa shape index (κ2) is 7.31. The first-order chi connectivity index (χ1) is 6.88. The summed E-state index contributed by atoms with van der Waals surface area (Å²) in [5.74, 6) is 2.08. The molecule has 84 valence electrons. The van der Waals surface area contributed by atoms with Crippen LogP contribution in [0.3, 0.4) is 0 Å². The van der Waals surface area contributed by atoms with Gasteiger partial charge in [0, 0.05) is 0 Å². The van der Waals surface area contributed by atoms with Crippen LogP contribution in [0.2, 0.25) is 0 Å². The lowest BCUT2D eigenvalue weighted by Crippen LogP contribution is -2.14. The van der Waals surface area contributed by atoms with E-state index in [2.05, 4.69) is 13.8 Å². The van der Waals surface area contributed by atoms with Crippen LogP contribution < -0.4 is 0 Å². The van der Waals surface area contributed by atoms with E-state index in [4.69, 9.17) is 0 Å². The van der Waals surface area contributed by atoms with Crippen molar-refractivity contribution < 1.29 is 0 Å². The molecule has 14 heavy (non-hydrogen) atoms. The highest BCUT2D eigenvalue weighted by atomic mass is 14.2. The van der Waals surface area contributed by atoms with Gasteiger partial charge in [-0.05, 0) is 11.8 Å². The van der Waals surface area contributed by atoms with Crippen LogP contribution in [0.5, 0.6) is 0 Å². The lowest BCUT2D eigenvalue weighted by atomic mass is 9.80. The first-order valence-electron chi connectivity index (χ1n) is 6.88. The van der Waals surface area contributed by atoms with E-state index in [9.17, 15) is 0 Å². The minimum Gasteiger partial charge on any atom is -0.0651 e. The molecule has 0 aromatic heterocycles. The molecule has 0 spiro atoms. The number of rotatable bonds is 2. The van der Waals surface area contributed by atoms with Crippen LogP contribution in [0, 0.1) is 11.8 Å². The molecular formula is C14H28. The Morgan fingerprint density at radius 1 is 0.643 bits per heavy atom. The van der Waals surface area contributed by atoms with Crippen molar-refractivity contribution >= 4 is 0 Å². The van der Waals surface area contributed by atoms with E-state index in [1.807, 2.05) is 0 Å². The molecule has 0 heteroatoms. The van der Waals surface area contributed by atoms with Crippen LogP contribution in [0.15, 0.2) is 0 Å². The van der Waals surface area contributed by atoms with Crippen LogP contribution >= 0.6 is 0 Å². The highest BCUT2D eigenvalue weighted by Gasteiger charge is 2.18. The lowest BCUT2D eigenvalue weighted by molar-refractivity contribution is 0.257. The summed E-state index contributed by atoms with van der Waals surface area (Å²) in [6.07, 6.45) is 14.8. The first-order valence-corrected chi connectivity index (χ1v) is 6.88. The summed E-state index contributed by atoms with van der Waals surface area (Å²) in [7, 11) is 0. The Hall–Kier alpha value is 0. The first kappa shape index (κ1) is 12.1. The Morgan fingerprint density at radius 3 is 1.36 bits per heavy atom. The molecule has 1 aliphatic rings. The number of hydrogen-bond donors (Lipinski definition) is 0. The van der Waals surface area contributed by atoms with Crippen molar-refractivity contribution in [2.45, 2.75) is 78.1 Å².